The Morgan fingerprint density at radius 3 is 2.74 bits per heavy atom. The minimum Gasteiger partial charge on any atom is -0.370 e. The molecule has 0 unspecified atom stereocenters. The molecule has 0 aromatic carbocycles. The number of nitrogens with one attached hydrogen (secondary N) is 1. The van der Waals surface area contributed by atoms with E-state index >= 15 is 0 Å². The van der Waals surface area contributed by atoms with Crippen molar-refractivity contribution < 1.29 is 0 Å². The fraction of sp³-hybridized carbons (Fsp3) is 0.571. The third kappa shape index (κ3) is 6.64. The summed E-state index contributed by atoms with van der Waals surface area (Å²) >= 11 is 0. The van der Waals surface area contributed by atoms with E-state index in [0.29, 0.717) is 12.5 Å². The van der Waals surface area contributed by atoms with Gasteiger partial charge in [-0.05, 0) is 39.7 Å². The number of rotatable bonds is 5. The lowest BCUT2D eigenvalue weighted by Gasteiger charge is -2.20. The van der Waals surface area contributed by atoms with E-state index < -0.39 is 0 Å². The van der Waals surface area contributed by atoms with Crippen LogP contribution in [0.25, 0.3) is 0 Å². The lowest BCUT2D eigenvalue weighted by molar-refractivity contribution is 0.507. The van der Waals surface area contributed by atoms with Gasteiger partial charge in [0, 0.05) is 30.9 Å². The first-order valence-electron chi connectivity index (χ1n) is 6.62. The topological polar surface area (TPSA) is 72.4 Å². The van der Waals surface area contributed by atoms with Gasteiger partial charge in [-0.1, -0.05) is 6.07 Å². The smallest absolute Gasteiger partial charge is 0.250 e. The highest BCUT2D eigenvalue weighted by atomic mass is 16.1. The predicted octanol–water partition coefficient (Wildman–Crippen LogP) is 1.33. The van der Waals surface area contributed by atoms with Gasteiger partial charge >= 0.3 is 0 Å². The van der Waals surface area contributed by atoms with Gasteiger partial charge in [0.05, 0.1) is 0 Å². The number of hydrogen-bond acceptors (Lipinski definition) is 2. The van der Waals surface area contributed by atoms with Crippen LogP contribution in [0.3, 0.4) is 0 Å². The van der Waals surface area contributed by atoms with Crippen molar-refractivity contribution in [2.24, 2.45) is 10.7 Å². The molecule has 0 saturated carbocycles. The minimum absolute atomic E-state index is 0.0416. The van der Waals surface area contributed by atoms with Crippen LogP contribution in [0.1, 0.15) is 33.6 Å². The number of aliphatic imine (C=N–C) groups is 1. The third-order valence-corrected chi connectivity index (χ3v) is 2.49. The van der Waals surface area contributed by atoms with Crippen molar-refractivity contribution in [2.45, 2.75) is 45.7 Å². The highest BCUT2D eigenvalue weighted by molar-refractivity contribution is 5.78. The van der Waals surface area contributed by atoms with E-state index in [1.165, 1.54) is 0 Å². The Bertz CT molecular complexity index is 471. The zero-order valence-corrected chi connectivity index (χ0v) is 12.0. The van der Waals surface area contributed by atoms with Crippen LogP contribution < -0.4 is 16.6 Å². The molecule has 0 radical (unpaired) electrons. The Hall–Kier alpha value is -1.78. The zero-order valence-electron chi connectivity index (χ0n) is 12.0. The van der Waals surface area contributed by atoms with Crippen LogP contribution in [0.15, 0.2) is 34.2 Å². The average Bonchev–Trinajstić information content (AvgIpc) is 2.28. The zero-order chi connectivity index (χ0) is 14.3. The molecular weight excluding hydrogens is 240 g/mol. The number of hydrogen-bond donors (Lipinski definition) is 2. The molecule has 0 aliphatic rings. The van der Waals surface area contributed by atoms with Crippen molar-refractivity contribution in [1.82, 2.24) is 9.88 Å². The van der Waals surface area contributed by atoms with E-state index in [2.05, 4.69) is 10.3 Å². The molecule has 1 aromatic heterocycles. The number of guanidine groups is 1. The molecule has 0 atom stereocenters. The molecule has 0 spiro atoms. The fourth-order valence-corrected chi connectivity index (χ4v) is 1.66. The summed E-state index contributed by atoms with van der Waals surface area (Å²) in [5.41, 5.74) is 5.74. The Labute approximate surface area is 114 Å². The molecular formula is C14H24N4O. The van der Waals surface area contributed by atoms with Crippen LogP contribution in [-0.2, 0) is 6.54 Å². The Morgan fingerprint density at radius 2 is 2.11 bits per heavy atom. The molecule has 106 valence electrons. The first-order valence-corrected chi connectivity index (χ1v) is 6.62. The average molecular weight is 264 g/mol. The first kappa shape index (κ1) is 15.3. The first-order chi connectivity index (χ1) is 8.88. The van der Waals surface area contributed by atoms with Crippen molar-refractivity contribution in [2.75, 3.05) is 6.54 Å². The third-order valence-electron chi connectivity index (χ3n) is 2.49. The summed E-state index contributed by atoms with van der Waals surface area (Å²) in [6.07, 6.45) is 3.63. The molecule has 5 heteroatoms. The van der Waals surface area contributed by atoms with Crippen LogP contribution in [-0.4, -0.2) is 22.6 Å². The van der Waals surface area contributed by atoms with Crippen molar-refractivity contribution in [1.29, 1.82) is 0 Å². The van der Waals surface area contributed by atoms with Crippen LogP contribution in [0, 0.1) is 0 Å². The maximum Gasteiger partial charge on any atom is 0.250 e. The van der Waals surface area contributed by atoms with E-state index in [0.717, 1.165) is 19.4 Å². The second-order valence-electron chi connectivity index (χ2n) is 5.58. The number of nitrogens with two attached hydrogens (primary N) is 1. The van der Waals surface area contributed by atoms with Gasteiger partial charge in [0.25, 0.3) is 0 Å². The summed E-state index contributed by atoms with van der Waals surface area (Å²) in [5.74, 6) is 0.476. The lowest BCUT2D eigenvalue weighted by atomic mass is 10.1. The summed E-state index contributed by atoms with van der Waals surface area (Å²) in [5, 5.41) is 3.11. The maximum atomic E-state index is 11.5. The van der Waals surface area contributed by atoms with Gasteiger partial charge in [0.2, 0.25) is 5.56 Å². The summed E-state index contributed by atoms with van der Waals surface area (Å²) in [4.78, 5) is 15.7. The normalized spacial score (nSPS) is 12.5. The van der Waals surface area contributed by atoms with Gasteiger partial charge in [0.1, 0.15) is 0 Å². The molecule has 1 aromatic rings. The number of aryl methyl sites for hydroxylation is 1. The van der Waals surface area contributed by atoms with E-state index in [4.69, 9.17) is 5.73 Å². The summed E-state index contributed by atoms with van der Waals surface area (Å²) in [6.45, 7) is 7.52. The second-order valence-corrected chi connectivity index (χ2v) is 5.58. The van der Waals surface area contributed by atoms with Crippen LogP contribution in [0.5, 0.6) is 0 Å². The number of aromatic nitrogens is 1. The molecule has 3 N–H and O–H groups in total. The highest BCUT2D eigenvalue weighted by Gasteiger charge is 2.09. The second kappa shape index (κ2) is 6.97. The fourth-order valence-electron chi connectivity index (χ4n) is 1.66. The van der Waals surface area contributed by atoms with Gasteiger partial charge in [-0.2, -0.15) is 0 Å². The SMILES string of the molecule is CC(C)(C)NC(N)=NCCCCn1ccccc1=O. The summed E-state index contributed by atoms with van der Waals surface area (Å²) in [7, 11) is 0. The van der Waals surface area contributed by atoms with E-state index in [-0.39, 0.29) is 11.1 Å². The van der Waals surface area contributed by atoms with Gasteiger partial charge in [0.15, 0.2) is 5.96 Å². The summed E-state index contributed by atoms with van der Waals surface area (Å²) in [6, 6.07) is 5.19. The van der Waals surface area contributed by atoms with Crippen molar-refractivity contribution in [3.05, 3.63) is 34.7 Å². The van der Waals surface area contributed by atoms with Gasteiger partial charge in [-0.15, -0.1) is 0 Å². The van der Waals surface area contributed by atoms with Gasteiger partial charge in [-0.25, -0.2) is 0 Å². The molecule has 1 heterocycles. The molecule has 0 fully saturated rings. The Morgan fingerprint density at radius 1 is 1.37 bits per heavy atom. The predicted molar refractivity (Wildman–Crippen MR) is 79.3 cm³/mol. The van der Waals surface area contributed by atoms with E-state index in [1.54, 1.807) is 22.9 Å². The van der Waals surface area contributed by atoms with E-state index in [9.17, 15) is 4.79 Å². The molecule has 0 aliphatic heterocycles. The standard InChI is InChI=1S/C14H24N4O/c1-14(2,3)17-13(15)16-9-5-7-11-18-10-6-4-8-12(18)19/h4,6,8,10H,5,7,9,11H2,1-3H3,(H3,15,16,17). The van der Waals surface area contributed by atoms with Crippen molar-refractivity contribution in [3.8, 4) is 0 Å². The Balaban J connectivity index is 2.27. The quantitative estimate of drug-likeness (QED) is 0.479. The molecule has 0 bridgehead atoms. The molecule has 1 rings (SSSR count). The largest absolute Gasteiger partial charge is 0.370 e. The van der Waals surface area contributed by atoms with E-state index in [1.807, 2.05) is 26.8 Å². The maximum absolute atomic E-state index is 11.5. The highest BCUT2D eigenvalue weighted by Crippen LogP contribution is 1.98. The van der Waals surface area contributed by atoms with Crippen molar-refractivity contribution in [3.63, 3.8) is 0 Å². The molecule has 19 heavy (non-hydrogen) atoms. The lowest BCUT2D eigenvalue weighted by Crippen LogP contribution is -2.45. The molecule has 0 saturated heterocycles. The summed E-state index contributed by atoms with van der Waals surface area (Å²) < 4.78 is 1.71. The minimum atomic E-state index is -0.0646. The van der Waals surface area contributed by atoms with Crippen LogP contribution >= 0.6 is 0 Å². The van der Waals surface area contributed by atoms with Crippen LogP contribution in [0.2, 0.25) is 0 Å². The van der Waals surface area contributed by atoms with Gasteiger partial charge < -0.3 is 15.6 Å². The monoisotopic (exact) mass is 264 g/mol. The molecule has 5 nitrogen and oxygen atoms in total. The van der Waals surface area contributed by atoms with Crippen molar-refractivity contribution >= 4 is 5.96 Å². The number of unbranched alkanes of at least 4 members (excludes halogenated alkanes) is 1. The van der Waals surface area contributed by atoms with Gasteiger partial charge in [-0.3, -0.25) is 9.79 Å². The molecule has 0 aliphatic carbocycles. The molecule has 0 amide bonds. The Kier molecular flexibility index (Phi) is 5.60. The van der Waals surface area contributed by atoms with Crippen LogP contribution in [0.4, 0.5) is 0 Å². The number of pyridine rings is 1. The number of nitrogens with zero attached hydrogens (tertiary/aromatic N) is 2.